The molecule has 1 rings (SSSR count). The zero-order chi connectivity index (χ0) is 8.65. The fraction of sp³-hybridized carbons (Fsp3) is 0.300. The summed E-state index contributed by atoms with van der Waals surface area (Å²) in [6.07, 6.45) is 2.91. The van der Waals surface area contributed by atoms with Crippen molar-refractivity contribution in [2.45, 2.75) is 6.42 Å². The van der Waals surface area contributed by atoms with E-state index in [4.69, 9.17) is 10.5 Å². The Hall–Kier alpha value is -1.02. The number of rotatable bonds is 5. The van der Waals surface area contributed by atoms with Gasteiger partial charge in [0, 0.05) is 0 Å². The van der Waals surface area contributed by atoms with Crippen LogP contribution >= 0.6 is 0 Å². The van der Waals surface area contributed by atoms with Gasteiger partial charge in [-0.05, 0) is 31.5 Å². The normalized spacial score (nSPS) is 9.75. The molecule has 12 heavy (non-hydrogen) atoms. The van der Waals surface area contributed by atoms with Crippen LogP contribution in [0.4, 0.5) is 0 Å². The second-order valence-corrected chi connectivity index (χ2v) is 2.47. The van der Waals surface area contributed by atoms with E-state index in [-0.39, 0.29) is 0 Å². The molecule has 0 saturated carbocycles. The van der Waals surface area contributed by atoms with E-state index in [0.717, 1.165) is 12.2 Å². The van der Waals surface area contributed by atoms with Crippen LogP contribution < -0.4 is 10.5 Å². The Morgan fingerprint density at radius 3 is 2.67 bits per heavy atom. The van der Waals surface area contributed by atoms with Gasteiger partial charge in [0.25, 0.3) is 0 Å². The third-order valence-electron chi connectivity index (χ3n) is 1.50. The van der Waals surface area contributed by atoms with Gasteiger partial charge < -0.3 is 10.5 Å². The molecule has 0 heterocycles. The number of para-hydroxylation sites is 1. The minimum absolute atomic E-state index is 0.623. The highest BCUT2D eigenvalue weighted by atomic mass is 16.5. The summed E-state index contributed by atoms with van der Waals surface area (Å²) in [4.78, 5) is 0. The molecule has 1 aromatic carbocycles. The molecule has 2 heteroatoms. The van der Waals surface area contributed by atoms with Gasteiger partial charge in [0.15, 0.2) is 0 Å². The quantitative estimate of drug-likeness (QED) is 0.671. The molecule has 0 saturated heterocycles. The van der Waals surface area contributed by atoms with Crippen molar-refractivity contribution in [3.63, 3.8) is 0 Å². The highest BCUT2D eigenvalue weighted by Crippen LogP contribution is 2.08. The van der Waals surface area contributed by atoms with E-state index in [2.05, 4.69) is 0 Å². The van der Waals surface area contributed by atoms with Crippen LogP contribution in [0.1, 0.15) is 6.42 Å². The molecule has 1 radical (unpaired) electrons. The molecule has 0 aliphatic carbocycles. The Balaban J connectivity index is 2.16. The molecule has 0 fully saturated rings. The van der Waals surface area contributed by atoms with Crippen LogP contribution in [-0.2, 0) is 0 Å². The summed E-state index contributed by atoms with van der Waals surface area (Å²) < 4.78 is 5.42. The summed E-state index contributed by atoms with van der Waals surface area (Å²) >= 11 is 0. The van der Waals surface area contributed by atoms with Gasteiger partial charge in [-0.15, -0.1) is 0 Å². The van der Waals surface area contributed by atoms with Crippen LogP contribution in [0.3, 0.4) is 0 Å². The lowest BCUT2D eigenvalue weighted by atomic mass is 10.3. The lowest BCUT2D eigenvalue weighted by Crippen LogP contribution is -2.03. The van der Waals surface area contributed by atoms with Crippen molar-refractivity contribution >= 4 is 0 Å². The first-order chi connectivity index (χ1) is 5.93. The van der Waals surface area contributed by atoms with Gasteiger partial charge in [0.1, 0.15) is 5.75 Å². The molecule has 0 aliphatic heterocycles. The molecular formula is C10H14NO. The third kappa shape index (κ3) is 3.39. The van der Waals surface area contributed by atoms with Crippen molar-refractivity contribution < 1.29 is 4.74 Å². The van der Waals surface area contributed by atoms with Crippen molar-refractivity contribution in [2.75, 3.05) is 13.2 Å². The molecule has 0 spiro atoms. The number of ether oxygens (including phenoxy) is 1. The lowest BCUT2D eigenvalue weighted by Gasteiger charge is -2.03. The molecule has 0 bridgehead atoms. The average Bonchev–Trinajstić information content (AvgIpc) is 2.14. The van der Waals surface area contributed by atoms with Gasteiger partial charge in [0.2, 0.25) is 0 Å². The summed E-state index contributed by atoms with van der Waals surface area (Å²) in [5.41, 5.74) is 5.30. The average molecular weight is 164 g/mol. The largest absolute Gasteiger partial charge is 0.494 e. The molecule has 0 amide bonds. The second kappa shape index (κ2) is 5.61. The Morgan fingerprint density at radius 1 is 1.25 bits per heavy atom. The van der Waals surface area contributed by atoms with Crippen LogP contribution in [0.2, 0.25) is 0 Å². The molecule has 0 aliphatic rings. The van der Waals surface area contributed by atoms with E-state index in [0.29, 0.717) is 13.2 Å². The van der Waals surface area contributed by atoms with E-state index in [1.807, 2.05) is 36.8 Å². The first kappa shape index (κ1) is 9.07. The predicted octanol–water partition coefficient (Wildman–Crippen LogP) is 1.62. The first-order valence-electron chi connectivity index (χ1n) is 4.13. The Morgan fingerprint density at radius 2 is 2.00 bits per heavy atom. The van der Waals surface area contributed by atoms with Gasteiger partial charge >= 0.3 is 0 Å². The number of hydrogen-bond donors (Lipinski definition) is 1. The summed E-state index contributed by atoms with van der Waals surface area (Å²) in [6.45, 7) is 1.33. The zero-order valence-corrected chi connectivity index (χ0v) is 7.07. The lowest BCUT2D eigenvalue weighted by molar-refractivity contribution is 0.320. The molecular weight excluding hydrogens is 150 g/mol. The van der Waals surface area contributed by atoms with E-state index in [1.54, 1.807) is 0 Å². The Bertz CT molecular complexity index is 198. The van der Waals surface area contributed by atoms with Gasteiger partial charge in [-0.3, -0.25) is 0 Å². The fourth-order valence-corrected chi connectivity index (χ4v) is 0.895. The zero-order valence-electron chi connectivity index (χ0n) is 7.07. The van der Waals surface area contributed by atoms with Crippen molar-refractivity contribution in [3.8, 4) is 5.75 Å². The third-order valence-corrected chi connectivity index (χ3v) is 1.50. The predicted molar refractivity (Wildman–Crippen MR) is 49.9 cm³/mol. The first-order valence-corrected chi connectivity index (χ1v) is 4.13. The second-order valence-electron chi connectivity index (χ2n) is 2.47. The minimum atomic E-state index is 0.623. The molecule has 1 aromatic rings. The van der Waals surface area contributed by atoms with Crippen LogP contribution in [0.15, 0.2) is 30.3 Å². The minimum Gasteiger partial charge on any atom is -0.494 e. The molecule has 0 unspecified atom stereocenters. The van der Waals surface area contributed by atoms with Gasteiger partial charge in [-0.25, -0.2) is 0 Å². The Labute approximate surface area is 73.3 Å². The van der Waals surface area contributed by atoms with Gasteiger partial charge in [-0.1, -0.05) is 18.2 Å². The summed E-state index contributed by atoms with van der Waals surface area (Å²) in [5, 5.41) is 0. The molecule has 0 aromatic heterocycles. The van der Waals surface area contributed by atoms with Crippen LogP contribution in [0.5, 0.6) is 5.75 Å². The van der Waals surface area contributed by atoms with Gasteiger partial charge in [-0.2, -0.15) is 0 Å². The number of nitrogens with two attached hydrogens (primary N) is 1. The molecule has 65 valence electrons. The van der Waals surface area contributed by atoms with Crippen molar-refractivity contribution in [1.82, 2.24) is 0 Å². The van der Waals surface area contributed by atoms with Crippen molar-refractivity contribution in [3.05, 3.63) is 36.8 Å². The van der Waals surface area contributed by atoms with Crippen molar-refractivity contribution in [1.29, 1.82) is 0 Å². The molecule has 2 N–H and O–H groups in total. The van der Waals surface area contributed by atoms with Crippen LogP contribution in [0.25, 0.3) is 0 Å². The summed E-state index contributed by atoms with van der Waals surface area (Å²) in [7, 11) is 0. The van der Waals surface area contributed by atoms with E-state index in [1.165, 1.54) is 0 Å². The van der Waals surface area contributed by atoms with Crippen LogP contribution in [0, 0.1) is 6.42 Å². The SMILES string of the molecule is NC[CH]CCOc1ccccc1. The molecule has 0 atom stereocenters. The maximum absolute atomic E-state index is 5.42. The Kier molecular flexibility index (Phi) is 4.24. The highest BCUT2D eigenvalue weighted by molar-refractivity contribution is 5.20. The highest BCUT2D eigenvalue weighted by Gasteiger charge is 1.90. The smallest absolute Gasteiger partial charge is 0.119 e. The standard InChI is InChI=1S/C10H14NO/c11-8-4-5-9-12-10-6-2-1-3-7-10/h1-4,6-7H,5,8-9,11H2. The fourth-order valence-electron chi connectivity index (χ4n) is 0.895. The van der Waals surface area contributed by atoms with E-state index in [9.17, 15) is 0 Å². The number of hydrogen-bond acceptors (Lipinski definition) is 2. The maximum Gasteiger partial charge on any atom is 0.119 e. The van der Waals surface area contributed by atoms with Crippen molar-refractivity contribution in [2.24, 2.45) is 5.73 Å². The summed E-state index contributed by atoms with van der Waals surface area (Å²) in [6, 6.07) is 9.79. The number of unbranched alkanes of at least 4 members (excludes halogenated alkanes) is 1. The van der Waals surface area contributed by atoms with E-state index < -0.39 is 0 Å². The van der Waals surface area contributed by atoms with Crippen LogP contribution in [-0.4, -0.2) is 13.2 Å². The summed E-state index contributed by atoms with van der Waals surface area (Å²) in [5.74, 6) is 0.919. The monoisotopic (exact) mass is 164 g/mol. The van der Waals surface area contributed by atoms with E-state index >= 15 is 0 Å². The topological polar surface area (TPSA) is 35.2 Å². The maximum atomic E-state index is 5.42. The number of benzene rings is 1. The molecule has 2 nitrogen and oxygen atoms in total. The van der Waals surface area contributed by atoms with Gasteiger partial charge in [0.05, 0.1) is 6.61 Å².